The quantitative estimate of drug-likeness (QED) is 0.846. The standard InChI is InChI=1S/C16H25NO2S/c1-2-13(8-11-18)17-15(19)16(9-4-3-5-10-16)14-7-6-12-20-14/h6-7,12-13,18H,2-5,8-11H2,1H3,(H,17,19). The first-order valence-electron chi connectivity index (χ1n) is 7.68. The van der Waals surface area contributed by atoms with Crippen LogP contribution in [0.25, 0.3) is 0 Å². The third kappa shape index (κ3) is 3.23. The number of hydrogen-bond donors (Lipinski definition) is 2. The van der Waals surface area contributed by atoms with Gasteiger partial charge in [0.05, 0.1) is 5.41 Å². The van der Waals surface area contributed by atoms with Crippen LogP contribution in [0.4, 0.5) is 0 Å². The van der Waals surface area contributed by atoms with Crippen molar-refractivity contribution in [2.75, 3.05) is 6.61 Å². The number of aliphatic hydroxyl groups is 1. The summed E-state index contributed by atoms with van der Waals surface area (Å²) in [6, 6.07) is 4.23. The summed E-state index contributed by atoms with van der Waals surface area (Å²) in [5.41, 5.74) is -0.324. The lowest BCUT2D eigenvalue weighted by Gasteiger charge is -2.36. The lowest BCUT2D eigenvalue weighted by atomic mass is 9.72. The zero-order valence-corrected chi connectivity index (χ0v) is 13.0. The molecule has 4 heteroatoms. The molecule has 0 bridgehead atoms. The van der Waals surface area contributed by atoms with E-state index in [4.69, 9.17) is 5.11 Å². The summed E-state index contributed by atoms with van der Waals surface area (Å²) >= 11 is 1.69. The summed E-state index contributed by atoms with van der Waals surface area (Å²) in [5.74, 6) is 0.167. The van der Waals surface area contributed by atoms with Gasteiger partial charge in [0.15, 0.2) is 0 Å². The fraction of sp³-hybridized carbons (Fsp3) is 0.688. The van der Waals surface area contributed by atoms with Crippen molar-refractivity contribution in [2.24, 2.45) is 0 Å². The lowest BCUT2D eigenvalue weighted by molar-refractivity contribution is -0.128. The molecule has 0 aliphatic heterocycles. The van der Waals surface area contributed by atoms with Gasteiger partial charge in [-0.15, -0.1) is 11.3 Å². The van der Waals surface area contributed by atoms with Gasteiger partial charge in [-0.3, -0.25) is 4.79 Å². The summed E-state index contributed by atoms with van der Waals surface area (Å²) in [4.78, 5) is 14.1. The molecule has 1 unspecified atom stereocenters. The average Bonchev–Trinajstić information content (AvgIpc) is 3.02. The van der Waals surface area contributed by atoms with Crippen LogP contribution in [-0.2, 0) is 10.2 Å². The Labute approximate surface area is 125 Å². The third-order valence-electron chi connectivity index (χ3n) is 4.44. The molecule has 1 aromatic rings. The maximum atomic E-state index is 12.9. The van der Waals surface area contributed by atoms with Gasteiger partial charge in [-0.2, -0.15) is 0 Å². The fourth-order valence-corrected chi connectivity index (χ4v) is 4.13. The molecule has 0 aromatic carbocycles. The van der Waals surface area contributed by atoms with Gasteiger partial charge in [0, 0.05) is 17.5 Å². The molecule has 0 radical (unpaired) electrons. The van der Waals surface area contributed by atoms with Crippen molar-refractivity contribution in [3.05, 3.63) is 22.4 Å². The van der Waals surface area contributed by atoms with Gasteiger partial charge < -0.3 is 10.4 Å². The minimum absolute atomic E-state index is 0.0891. The first-order valence-corrected chi connectivity index (χ1v) is 8.56. The van der Waals surface area contributed by atoms with Crippen molar-refractivity contribution in [3.8, 4) is 0 Å². The SMILES string of the molecule is CCC(CCO)NC(=O)C1(c2cccs2)CCCCC1. The van der Waals surface area contributed by atoms with Crippen molar-refractivity contribution in [1.82, 2.24) is 5.32 Å². The molecule has 0 spiro atoms. The molecule has 1 aliphatic carbocycles. The number of carbonyl (C=O) groups is 1. The van der Waals surface area contributed by atoms with Crippen molar-refractivity contribution in [1.29, 1.82) is 0 Å². The van der Waals surface area contributed by atoms with Crippen molar-refractivity contribution >= 4 is 17.2 Å². The molecule has 3 nitrogen and oxygen atoms in total. The van der Waals surface area contributed by atoms with E-state index in [1.54, 1.807) is 11.3 Å². The molecule has 1 amide bonds. The summed E-state index contributed by atoms with van der Waals surface area (Å²) in [7, 11) is 0. The maximum absolute atomic E-state index is 12.9. The third-order valence-corrected chi connectivity index (χ3v) is 5.51. The monoisotopic (exact) mass is 295 g/mol. The van der Waals surface area contributed by atoms with Crippen LogP contribution in [0.5, 0.6) is 0 Å². The van der Waals surface area contributed by atoms with Crippen molar-refractivity contribution < 1.29 is 9.90 Å². The van der Waals surface area contributed by atoms with E-state index >= 15 is 0 Å². The van der Waals surface area contributed by atoms with Crippen LogP contribution in [0.2, 0.25) is 0 Å². The Morgan fingerprint density at radius 2 is 2.20 bits per heavy atom. The topological polar surface area (TPSA) is 49.3 Å². The van der Waals surface area contributed by atoms with E-state index in [-0.39, 0.29) is 24.0 Å². The van der Waals surface area contributed by atoms with Gasteiger partial charge in [-0.05, 0) is 37.1 Å². The minimum atomic E-state index is -0.324. The first kappa shape index (κ1) is 15.5. The lowest BCUT2D eigenvalue weighted by Crippen LogP contribution is -2.49. The molecule has 2 N–H and O–H groups in total. The minimum Gasteiger partial charge on any atom is -0.396 e. The van der Waals surface area contributed by atoms with E-state index in [2.05, 4.69) is 23.7 Å². The molecular weight excluding hydrogens is 270 g/mol. The highest BCUT2D eigenvalue weighted by Gasteiger charge is 2.42. The van der Waals surface area contributed by atoms with Gasteiger partial charge in [-0.1, -0.05) is 32.3 Å². The highest BCUT2D eigenvalue weighted by Crippen LogP contribution is 2.41. The predicted octanol–water partition coefficient (Wildman–Crippen LogP) is 3.23. The van der Waals surface area contributed by atoms with E-state index in [0.717, 1.165) is 32.1 Å². The normalized spacial score (nSPS) is 19.5. The molecule has 1 fully saturated rings. The Morgan fingerprint density at radius 3 is 2.75 bits per heavy atom. The van der Waals surface area contributed by atoms with E-state index in [1.807, 2.05) is 6.07 Å². The van der Waals surface area contributed by atoms with Crippen LogP contribution < -0.4 is 5.32 Å². The number of amides is 1. The summed E-state index contributed by atoms with van der Waals surface area (Å²) in [5, 5.41) is 14.3. The van der Waals surface area contributed by atoms with Crippen molar-refractivity contribution in [3.63, 3.8) is 0 Å². The number of hydrogen-bond acceptors (Lipinski definition) is 3. The summed E-state index contributed by atoms with van der Waals surface area (Å²) < 4.78 is 0. The number of thiophene rings is 1. The van der Waals surface area contributed by atoms with E-state index in [1.165, 1.54) is 11.3 Å². The summed E-state index contributed by atoms with van der Waals surface area (Å²) in [6.07, 6.45) is 6.90. The number of rotatable bonds is 6. The Morgan fingerprint density at radius 1 is 1.45 bits per heavy atom. The zero-order chi connectivity index (χ0) is 14.4. The number of carbonyl (C=O) groups excluding carboxylic acids is 1. The van der Waals surface area contributed by atoms with Gasteiger partial charge in [-0.25, -0.2) is 0 Å². The smallest absolute Gasteiger partial charge is 0.231 e. The molecule has 1 saturated carbocycles. The average molecular weight is 295 g/mol. The zero-order valence-electron chi connectivity index (χ0n) is 12.2. The van der Waals surface area contributed by atoms with Crippen LogP contribution in [-0.4, -0.2) is 23.7 Å². The Balaban J connectivity index is 2.16. The molecule has 0 saturated heterocycles. The maximum Gasteiger partial charge on any atom is 0.231 e. The second-order valence-corrected chi connectivity index (χ2v) is 6.66. The van der Waals surface area contributed by atoms with Crippen LogP contribution in [0.3, 0.4) is 0 Å². The van der Waals surface area contributed by atoms with Crippen LogP contribution >= 0.6 is 11.3 Å². The van der Waals surface area contributed by atoms with Gasteiger partial charge in [0.1, 0.15) is 0 Å². The van der Waals surface area contributed by atoms with Crippen LogP contribution in [0.15, 0.2) is 17.5 Å². The largest absolute Gasteiger partial charge is 0.396 e. The molecule has 1 atom stereocenters. The van der Waals surface area contributed by atoms with Gasteiger partial charge in [0.25, 0.3) is 0 Å². The first-order chi connectivity index (χ1) is 9.73. The highest BCUT2D eigenvalue weighted by atomic mass is 32.1. The number of aliphatic hydroxyl groups excluding tert-OH is 1. The molecule has 2 rings (SSSR count). The molecule has 112 valence electrons. The molecular formula is C16H25NO2S. The van der Waals surface area contributed by atoms with Gasteiger partial charge >= 0.3 is 0 Å². The number of nitrogens with one attached hydrogen (secondary N) is 1. The van der Waals surface area contributed by atoms with Crippen LogP contribution in [0.1, 0.15) is 56.7 Å². The van der Waals surface area contributed by atoms with E-state index < -0.39 is 0 Å². The molecule has 1 heterocycles. The second kappa shape index (κ2) is 7.23. The van der Waals surface area contributed by atoms with Crippen LogP contribution in [0, 0.1) is 0 Å². The molecule has 1 aliphatic rings. The molecule has 20 heavy (non-hydrogen) atoms. The summed E-state index contributed by atoms with van der Waals surface area (Å²) in [6.45, 7) is 2.18. The van der Waals surface area contributed by atoms with E-state index in [0.29, 0.717) is 6.42 Å². The van der Waals surface area contributed by atoms with Gasteiger partial charge in [0.2, 0.25) is 5.91 Å². The fourth-order valence-electron chi connectivity index (χ4n) is 3.15. The second-order valence-electron chi connectivity index (χ2n) is 5.71. The Bertz CT molecular complexity index is 410. The Hall–Kier alpha value is -0.870. The predicted molar refractivity (Wildman–Crippen MR) is 83.0 cm³/mol. The highest BCUT2D eigenvalue weighted by molar-refractivity contribution is 7.10. The molecule has 1 aromatic heterocycles. The van der Waals surface area contributed by atoms with E-state index in [9.17, 15) is 4.79 Å². The Kier molecular flexibility index (Phi) is 5.61. The van der Waals surface area contributed by atoms with Crippen molar-refractivity contribution in [2.45, 2.75) is 63.3 Å².